The lowest BCUT2D eigenvalue weighted by atomic mass is 10.1. The van der Waals surface area contributed by atoms with Crippen LogP contribution in [0.1, 0.15) is 0 Å². The number of fused-ring (bicyclic) bond motifs is 4. The number of hydrogen-bond acceptors (Lipinski definition) is 3. The Hall–Kier alpha value is -3.16. The van der Waals surface area contributed by atoms with E-state index in [2.05, 4.69) is 59.6 Å². The maximum absolute atomic E-state index is 6.32. The van der Waals surface area contributed by atoms with Gasteiger partial charge in [-0.25, -0.2) is 0 Å². The first-order valence-electron chi connectivity index (χ1n) is 8.81. The lowest BCUT2D eigenvalue weighted by molar-refractivity contribution is 0.467. The van der Waals surface area contributed by atoms with Gasteiger partial charge in [-0.2, -0.15) is 0 Å². The van der Waals surface area contributed by atoms with E-state index in [9.17, 15) is 0 Å². The summed E-state index contributed by atoms with van der Waals surface area (Å²) in [5, 5.41) is 3.65. The van der Waals surface area contributed by atoms with Crippen molar-refractivity contribution >= 4 is 23.8 Å². The average molecular weight is 367 g/mol. The van der Waals surface area contributed by atoms with Gasteiger partial charge in [-0.15, -0.1) is 0 Å². The predicted molar refractivity (Wildman–Crippen MR) is 109 cm³/mol. The third-order valence-corrected chi connectivity index (χ3v) is 7.50. The number of benzene rings is 3. The van der Waals surface area contributed by atoms with Gasteiger partial charge in [0, 0.05) is 36.5 Å². The van der Waals surface area contributed by atoms with Gasteiger partial charge in [0.1, 0.15) is 23.0 Å². The van der Waals surface area contributed by atoms with Gasteiger partial charge in [0.25, 0.3) is 0 Å². The van der Waals surface area contributed by atoms with Crippen molar-refractivity contribution in [2.75, 3.05) is 0 Å². The normalized spacial score (nSPS) is 13.6. The number of hydrogen-bond donors (Lipinski definition) is 0. The van der Waals surface area contributed by atoms with Gasteiger partial charge in [0.05, 0.1) is 5.30 Å². The summed E-state index contributed by atoms with van der Waals surface area (Å²) in [6.45, 7) is 0. The second-order valence-electron chi connectivity index (χ2n) is 6.54. The summed E-state index contributed by atoms with van der Waals surface area (Å²) in [5.41, 5.74) is 2.09. The molecule has 0 N–H and O–H groups in total. The van der Waals surface area contributed by atoms with Gasteiger partial charge in [0.2, 0.25) is 0 Å². The van der Waals surface area contributed by atoms with Crippen LogP contribution in [0.25, 0.3) is 11.1 Å². The Balaban J connectivity index is 1.64. The van der Waals surface area contributed by atoms with Crippen LogP contribution in [-0.2, 0) is 0 Å². The zero-order valence-corrected chi connectivity index (χ0v) is 15.2. The fourth-order valence-corrected chi connectivity index (χ4v) is 6.28. The second kappa shape index (κ2) is 5.67. The first kappa shape index (κ1) is 15.0. The number of para-hydroxylation sites is 2. The van der Waals surface area contributed by atoms with E-state index in [1.54, 1.807) is 6.20 Å². The number of aromatic nitrogens is 1. The first-order valence-corrected chi connectivity index (χ1v) is 10.1. The van der Waals surface area contributed by atoms with Crippen LogP contribution >= 0.6 is 7.92 Å². The predicted octanol–water partition coefficient (Wildman–Crippen LogP) is 4.72. The highest BCUT2D eigenvalue weighted by Crippen LogP contribution is 2.53. The highest BCUT2D eigenvalue weighted by atomic mass is 31.1. The number of nitrogens with zero attached hydrogens (tertiary/aromatic N) is 1. The third kappa shape index (κ3) is 2.22. The van der Waals surface area contributed by atoms with Crippen molar-refractivity contribution in [1.82, 2.24) is 4.98 Å². The van der Waals surface area contributed by atoms with Crippen molar-refractivity contribution in [3.05, 3.63) is 85.2 Å². The fourth-order valence-electron chi connectivity index (χ4n) is 3.72. The molecule has 0 aliphatic carbocycles. The molecule has 0 saturated carbocycles. The standard InChI is InChI=1S/C23H14NO2P/c1-3-9-21-17(7-1)25-19-12-16(15-6-5-11-24-14-15)13-20-23(19)27(21)22-10-4-2-8-18(22)26-20/h1-14H. The summed E-state index contributed by atoms with van der Waals surface area (Å²) >= 11 is 0. The van der Waals surface area contributed by atoms with Crippen LogP contribution in [0, 0.1) is 0 Å². The molecule has 0 unspecified atom stereocenters. The summed E-state index contributed by atoms with van der Waals surface area (Å²) < 4.78 is 12.6. The molecule has 128 valence electrons. The largest absolute Gasteiger partial charge is 0.456 e. The molecule has 0 atom stereocenters. The molecule has 6 rings (SSSR count). The lowest BCUT2D eigenvalue weighted by Gasteiger charge is -2.34. The molecule has 0 amide bonds. The van der Waals surface area contributed by atoms with Crippen molar-refractivity contribution in [3.63, 3.8) is 0 Å². The SMILES string of the molecule is c1cncc(-c2cc3c4c(c2)Oc2ccccc2P4c2ccccc2O3)c1. The molecule has 4 aromatic rings. The quantitative estimate of drug-likeness (QED) is 0.394. The van der Waals surface area contributed by atoms with Gasteiger partial charge in [-0.05, 0) is 35.9 Å². The Morgan fingerprint density at radius 3 is 1.85 bits per heavy atom. The van der Waals surface area contributed by atoms with Crippen LogP contribution < -0.4 is 25.4 Å². The van der Waals surface area contributed by atoms with Crippen LogP contribution in [0.5, 0.6) is 23.0 Å². The van der Waals surface area contributed by atoms with Gasteiger partial charge in [-0.1, -0.05) is 42.5 Å². The molecule has 3 heterocycles. The molecule has 3 nitrogen and oxygen atoms in total. The minimum absolute atomic E-state index is 0.698. The van der Waals surface area contributed by atoms with E-state index in [4.69, 9.17) is 9.47 Å². The van der Waals surface area contributed by atoms with Crippen LogP contribution in [0.2, 0.25) is 0 Å². The Morgan fingerprint density at radius 2 is 1.26 bits per heavy atom. The lowest BCUT2D eigenvalue weighted by Crippen LogP contribution is -2.31. The minimum atomic E-state index is -0.698. The van der Waals surface area contributed by atoms with Gasteiger partial charge < -0.3 is 9.47 Å². The number of pyridine rings is 1. The Bertz CT molecular complexity index is 1120. The molecule has 0 saturated heterocycles. The molecular weight excluding hydrogens is 353 g/mol. The minimum Gasteiger partial charge on any atom is -0.456 e. The Morgan fingerprint density at radius 1 is 0.630 bits per heavy atom. The molecule has 3 aromatic carbocycles. The molecule has 2 aliphatic heterocycles. The Labute approximate surface area is 158 Å². The zero-order chi connectivity index (χ0) is 17.8. The van der Waals surface area contributed by atoms with E-state index in [1.807, 2.05) is 24.4 Å². The van der Waals surface area contributed by atoms with Crippen LogP contribution in [0.3, 0.4) is 0 Å². The highest BCUT2D eigenvalue weighted by Gasteiger charge is 2.36. The number of rotatable bonds is 1. The molecule has 27 heavy (non-hydrogen) atoms. The second-order valence-corrected chi connectivity index (χ2v) is 8.62. The Kier molecular flexibility index (Phi) is 3.14. The molecule has 0 fully saturated rings. The molecule has 0 radical (unpaired) electrons. The monoisotopic (exact) mass is 367 g/mol. The van der Waals surface area contributed by atoms with E-state index < -0.39 is 7.92 Å². The number of ether oxygens (including phenoxy) is 2. The molecule has 2 aliphatic rings. The van der Waals surface area contributed by atoms with Gasteiger partial charge >= 0.3 is 0 Å². The molecule has 4 heteroatoms. The van der Waals surface area contributed by atoms with Gasteiger partial charge in [-0.3, -0.25) is 4.98 Å². The maximum atomic E-state index is 6.32. The molecule has 0 spiro atoms. The maximum Gasteiger partial charge on any atom is 0.140 e. The smallest absolute Gasteiger partial charge is 0.140 e. The van der Waals surface area contributed by atoms with E-state index in [0.29, 0.717) is 0 Å². The van der Waals surface area contributed by atoms with Crippen molar-refractivity contribution < 1.29 is 9.47 Å². The topological polar surface area (TPSA) is 31.4 Å². The summed E-state index contributed by atoms with van der Waals surface area (Å²) in [7, 11) is -0.698. The molecule has 0 bridgehead atoms. The van der Waals surface area contributed by atoms with E-state index in [1.165, 1.54) is 10.6 Å². The van der Waals surface area contributed by atoms with Crippen molar-refractivity contribution in [2.45, 2.75) is 0 Å². The summed E-state index contributed by atoms with van der Waals surface area (Å²) in [6.07, 6.45) is 3.65. The van der Waals surface area contributed by atoms with E-state index >= 15 is 0 Å². The van der Waals surface area contributed by atoms with Crippen LogP contribution in [0.15, 0.2) is 85.2 Å². The van der Waals surface area contributed by atoms with Crippen molar-refractivity contribution in [1.29, 1.82) is 0 Å². The van der Waals surface area contributed by atoms with Crippen molar-refractivity contribution in [3.8, 4) is 34.1 Å². The van der Waals surface area contributed by atoms with Crippen molar-refractivity contribution in [2.24, 2.45) is 0 Å². The van der Waals surface area contributed by atoms with E-state index in [0.717, 1.165) is 39.4 Å². The average Bonchev–Trinajstić information content (AvgIpc) is 2.74. The van der Waals surface area contributed by atoms with Crippen LogP contribution in [0.4, 0.5) is 0 Å². The highest BCUT2D eigenvalue weighted by molar-refractivity contribution is 7.80. The van der Waals surface area contributed by atoms with Crippen LogP contribution in [-0.4, -0.2) is 4.98 Å². The fraction of sp³-hybridized carbons (Fsp3) is 0. The van der Waals surface area contributed by atoms with E-state index in [-0.39, 0.29) is 0 Å². The molecule has 1 aromatic heterocycles. The van der Waals surface area contributed by atoms with Gasteiger partial charge in [0.15, 0.2) is 0 Å². The first-order chi connectivity index (χ1) is 13.4. The molecular formula is C23H14NO2P. The summed E-state index contributed by atoms with van der Waals surface area (Å²) in [5.74, 6) is 3.63. The zero-order valence-electron chi connectivity index (χ0n) is 14.3. The summed E-state index contributed by atoms with van der Waals surface area (Å²) in [4.78, 5) is 4.25. The third-order valence-electron chi connectivity index (χ3n) is 4.91. The summed E-state index contributed by atoms with van der Waals surface area (Å²) in [6, 6.07) is 24.9.